The first-order valence-corrected chi connectivity index (χ1v) is 5.99. The molecule has 0 unspecified atom stereocenters. The lowest BCUT2D eigenvalue weighted by Crippen LogP contribution is -2.51. The van der Waals surface area contributed by atoms with Crippen molar-refractivity contribution in [1.82, 2.24) is 25.2 Å². The summed E-state index contributed by atoms with van der Waals surface area (Å²) in [5.74, 6) is -1.02. The zero-order valence-corrected chi connectivity index (χ0v) is 11.7. The van der Waals surface area contributed by atoms with Crippen LogP contribution in [0.2, 0.25) is 0 Å². The van der Waals surface area contributed by atoms with E-state index in [9.17, 15) is 14.7 Å². The molecular weight excluding hydrogens is 266 g/mol. The van der Waals surface area contributed by atoms with E-state index in [2.05, 4.69) is 15.6 Å². The Kier molecular flexibility index (Phi) is 5.03. The summed E-state index contributed by atoms with van der Waals surface area (Å²) >= 11 is 0. The van der Waals surface area contributed by atoms with E-state index < -0.39 is 11.5 Å². The number of amides is 2. The minimum atomic E-state index is -1.02. The highest BCUT2D eigenvalue weighted by molar-refractivity contribution is 5.74. The Morgan fingerprint density at radius 3 is 2.70 bits per heavy atom. The number of carboxylic acids is 1. The maximum Gasteiger partial charge on any atom is 0.325 e. The first-order chi connectivity index (χ1) is 9.26. The quantitative estimate of drug-likeness (QED) is 0.634. The van der Waals surface area contributed by atoms with Crippen molar-refractivity contribution in [2.75, 3.05) is 13.7 Å². The van der Waals surface area contributed by atoms with Gasteiger partial charge in [0.25, 0.3) is 0 Å². The van der Waals surface area contributed by atoms with Crippen molar-refractivity contribution < 1.29 is 19.8 Å². The molecule has 0 radical (unpaired) electrons. The molecule has 1 aromatic heterocycles. The molecule has 0 bridgehead atoms. The summed E-state index contributed by atoms with van der Waals surface area (Å²) in [5.41, 5.74) is -0.222. The van der Waals surface area contributed by atoms with E-state index >= 15 is 0 Å². The number of hydrogen-bond donors (Lipinski definition) is 3. The minimum Gasteiger partial charge on any atom is -0.480 e. The third-order valence-electron chi connectivity index (χ3n) is 2.90. The molecular formula is C11H19N5O4. The third kappa shape index (κ3) is 4.19. The summed E-state index contributed by atoms with van der Waals surface area (Å²) in [6, 6.07) is -0.364. The SMILES string of the molecule is CN(C(=O)NCc1cn(CC(=O)O)nn1)C(C)(C)CO. The lowest BCUT2D eigenvalue weighted by molar-refractivity contribution is -0.137. The minimum absolute atomic E-state index is 0.129. The molecule has 112 valence electrons. The molecule has 0 saturated carbocycles. The molecule has 1 heterocycles. The van der Waals surface area contributed by atoms with Crippen LogP contribution in [0.3, 0.4) is 0 Å². The normalized spacial score (nSPS) is 11.2. The second-order valence-electron chi connectivity index (χ2n) is 4.99. The fourth-order valence-electron chi connectivity index (χ4n) is 1.30. The Balaban J connectivity index is 2.53. The molecule has 2 amide bonds. The smallest absolute Gasteiger partial charge is 0.325 e. The second-order valence-corrected chi connectivity index (χ2v) is 4.99. The molecule has 0 saturated heterocycles. The van der Waals surface area contributed by atoms with E-state index in [4.69, 9.17) is 5.11 Å². The van der Waals surface area contributed by atoms with E-state index in [1.807, 2.05) is 0 Å². The molecule has 1 rings (SSSR count). The van der Waals surface area contributed by atoms with E-state index in [0.29, 0.717) is 5.69 Å². The number of hydrogen-bond acceptors (Lipinski definition) is 5. The molecule has 0 spiro atoms. The number of aliphatic carboxylic acids is 1. The van der Waals surface area contributed by atoms with Crippen molar-refractivity contribution in [2.24, 2.45) is 0 Å². The summed E-state index contributed by atoms with van der Waals surface area (Å²) in [6.45, 7) is 3.15. The number of aromatic nitrogens is 3. The van der Waals surface area contributed by atoms with Crippen LogP contribution in [-0.4, -0.2) is 61.3 Å². The number of aliphatic hydroxyl groups is 1. The molecule has 0 aliphatic rings. The molecule has 20 heavy (non-hydrogen) atoms. The Morgan fingerprint density at radius 1 is 1.50 bits per heavy atom. The Morgan fingerprint density at radius 2 is 2.15 bits per heavy atom. The van der Waals surface area contributed by atoms with Crippen LogP contribution >= 0.6 is 0 Å². The maximum atomic E-state index is 11.9. The van der Waals surface area contributed by atoms with E-state index in [1.54, 1.807) is 20.9 Å². The lowest BCUT2D eigenvalue weighted by Gasteiger charge is -2.33. The van der Waals surface area contributed by atoms with Crippen LogP contribution < -0.4 is 5.32 Å². The molecule has 0 aliphatic heterocycles. The van der Waals surface area contributed by atoms with Gasteiger partial charge in [-0.05, 0) is 13.8 Å². The highest BCUT2D eigenvalue weighted by Crippen LogP contribution is 2.10. The van der Waals surface area contributed by atoms with Crippen LogP contribution in [0.25, 0.3) is 0 Å². The van der Waals surface area contributed by atoms with Gasteiger partial charge in [-0.25, -0.2) is 9.48 Å². The highest BCUT2D eigenvalue weighted by Gasteiger charge is 2.26. The van der Waals surface area contributed by atoms with Crippen molar-refractivity contribution in [3.05, 3.63) is 11.9 Å². The predicted octanol–water partition coefficient (Wildman–Crippen LogP) is -0.725. The lowest BCUT2D eigenvalue weighted by atomic mass is 10.1. The first kappa shape index (κ1) is 15.9. The molecule has 0 aromatic carbocycles. The van der Waals surface area contributed by atoms with Crippen LogP contribution in [0.5, 0.6) is 0 Å². The summed E-state index contributed by atoms with van der Waals surface area (Å²) in [5, 5.41) is 27.8. The molecule has 3 N–H and O–H groups in total. The van der Waals surface area contributed by atoms with Gasteiger partial charge in [0.15, 0.2) is 0 Å². The van der Waals surface area contributed by atoms with Crippen LogP contribution in [0, 0.1) is 0 Å². The van der Waals surface area contributed by atoms with Crippen LogP contribution in [0.15, 0.2) is 6.20 Å². The van der Waals surface area contributed by atoms with Gasteiger partial charge < -0.3 is 20.4 Å². The summed E-state index contributed by atoms with van der Waals surface area (Å²) in [7, 11) is 1.58. The van der Waals surface area contributed by atoms with Gasteiger partial charge in [-0.3, -0.25) is 4.79 Å². The fourth-order valence-corrected chi connectivity index (χ4v) is 1.30. The summed E-state index contributed by atoms with van der Waals surface area (Å²) < 4.78 is 1.17. The topological polar surface area (TPSA) is 121 Å². The molecule has 0 fully saturated rings. The number of urea groups is 1. The number of likely N-dealkylation sites (N-methyl/N-ethyl adjacent to an activating group) is 1. The monoisotopic (exact) mass is 285 g/mol. The Labute approximate surface area is 116 Å². The van der Waals surface area contributed by atoms with E-state index in [1.165, 1.54) is 15.8 Å². The largest absolute Gasteiger partial charge is 0.480 e. The number of carbonyl (C=O) groups is 2. The van der Waals surface area contributed by atoms with Crippen molar-refractivity contribution in [2.45, 2.75) is 32.5 Å². The zero-order chi connectivity index (χ0) is 15.3. The number of carbonyl (C=O) groups excluding carboxylic acids is 1. The number of nitrogens with one attached hydrogen (secondary N) is 1. The number of nitrogens with zero attached hydrogens (tertiary/aromatic N) is 4. The molecule has 9 heteroatoms. The van der Waals surface area contributed by atoms with Gasteiger partial charge in [0.2, 0.25) is 0 Å². The van der Waals surface area contributed by atoms with Gasteiger partial charge in [-0.2, -0.15) is 0 Å². The third-order valence-corrected chi connectivity index (χ3v) is 2.90. The molecule has 1 aromatic rings. The van der Waals surface area contributed by atoms with Crippen LogP contribution in [0.4, 0.5) is 4.79 Å². The van der Waals surface area contributed by atoms with Crippen LogP contribution in [0.1, 0.15) is 19.5 Å². The number of carboxylic acid groups (broad SMARTS) is 1. The predicted molar refractivity (Wildman–Crippen MR) is 68.8 cm³/mol. The van der Waals surface area contributed by atoms with Gasteiger partial charge in [0.05, 0.1) is 24.9 Å². The standard InChI is InChI=1S/C11H19N5O4/c1-11(2,7-17)15(3)10(20)12-4-8-5-16(14-13-8)6-9(18)19/h5,17H,4,6-7H2,1-3H3,(H,12,20)(H,18,19). The highest BCUT2D eigenvalue weighted by atomic mass is 16.4. The Bertz CT molecular complexity index is 485. The first-order valence-electron chi connectivity index (χ1n) is 5.99. The fraction of sp³-hybridized carbons (Fsp3) is 0.636. The summed E-state index contributed by atoms with van der Waals surface area (Å²) in [6.07, 6.45) is 1.45. The average molecular weight is 285 g/mol. The number of rotatable bonds is 6. The van der Waals surface area contributed by atoms with Crippen molar-refractivity contribution >= 4 is 12.0 Å². The zero-order valence-electron chi connectivity index (χ0n) is 11.7. The van der Waals surface area contributed by atoms with Crippen molar-refractivity contribution in [1.29, 1.82) is 0 Å². The van der Waals surface area contributed by atoms with Crippen molar-refractivity contribution in [3.8, 4) is 0 Å². The van der Waals surface area contributed by atoms with Gasteiger partial charge >= 0.3 is 12.0 Å². The number of aliphatic hydroxyl groups excluding tert-OH is 1. The van der Waals surface area contributed by atoms with Crippen LogP contribution in [-0.2, 0) is 17.9 Å². The van der Waals surface area contributed by atoms with Gasteiger partial charge in [-0.15, -0.1) is 5.10 Å². The second kappa shape index (κ2) is 6.33. The van der Waals surface area contributed by atoms with Gasteiger partial charge in [-0.1, -0.05) is 5.21 Å². The summed E-state index contributed by atoms with van der Waals surface area (Å²) in [4.78, 5) is 23.7. The molecule has 0 atom stereocenters. The Hall–Kier alpha value is -2.16. The maximum absolute atomic E-state index is 11.9. The van der Waals surface area contributed by atoms with E-state index in [-0.39, 0.29) is 25.7 Å². The van der Waals surface area contributed by atoms with E-state index in [0.717, 1.165) is 0 Å². The molecule has 9 nitrogen and oxygen atoms in total. The van der Waals surface area contributed by atoms with Crippen molar-refractivity contribution in [3.63, 3.8) is 0 Å². The molecule has 0 aliphatic carbocycles. The van der Waals surface area contributed by atoms with Gasteiger partial charge in [0.1, 0.15) is 12.2 Å². The van der Waals surface area contributed by atoms with Gasteiger partial charge in [0, 0.05) is 7.05 Å². The average Bonchev–Trinajstić information content (AvgIpc) is 2.81.